The number of aliphatic imine (C=N–C) groups is 1. The van der Waals surface area contributed by atoms with Gasteiger partial charge < -0.3 is 5.32 Å². The largest absolute Gasteiger partial charge is 0.335 e. The highest BCUT2D eigenvalue weighted by Crippen LogP contribution is 2.24. The SMILES string of the molecule is CCC1CCSC(Nc2ccc(C)c(Cl)c2)=N1. The number of anilines is 1. The quantitative estimate of drug-likeness (QED) is 0.863. The van der Waals surface area contributed by atoms with Crippen LogP contribution in [-0.4, -0.2) is 17.0 Å². The zero-order valence-electron chi connectivity index (χ0n) is 10.2. The molecule has 1 aromatic rings. The Bertz CT molecular complexity index is 431. The minimum Gasteiger partial charge on any atom is -0.335 e. The molecule has 0 saturated heterocycles. The first-order chi connectivity index (χ1) is 8.19. The lowest BCUT2D eigenvalue weighted by atomic mass is 10.2. The van der Waals surface area contributed by atoms with Gasteiger partial charge in [-0.2, -0.15) is 0 Å². The third-order valence-electron chi connectivity index (χ3n) is 2.88. The van der Waals surface area contributed by atoms with Crippen LogP contribution in [0, 0.1) is 6.92 Å². The number of rotatable bonds is 2. The topological polar surface area (TPSA) is 24.4 Å². The zero-order chi connectivity index (χ0) is 12.3. The van der Waals surface area contributed by atoms with Gasteiger partial charge in [-0.25, -0.2) is 0 Å². The van der Waals surface area contributed by atoms with Crippen LogP contribution >= 0.6 is 23.4 Å². The minimum atomic E-state index is 0.472. The third-order valence-corrected chi connectivity index (χ3v) is 4.21. The average molecular weight is 269 g/mol. The molecule has 17 heavy (non-hydrogen) atoms. The van der Waals surface area contributed by atoms with E-state index in [-0.39, 0.29) is 0 Å². The van der Waals surface area contributed by atoms with Gasteiger partial charge in [0.05, 0.1) is 6.04 Å². The Morgan fingerprint density at radius 3 is 3.06 bits per heavy atom. The Morgan fingerprint density at radius 2 is 2.35 bits per heavy atom. The number of hydrogen-bond donors (Lipinski definition) is 1. The number of hydrogen-bond acceptors (Lipinski definition) is 3. The molecule has 0 fully saturated rings. The van der Waals surface area contributed by atoms with E-state index in [0.29, 0.717) is 6.04 Å². The number of benzene rings is 1. The van der Waals surface area contributed by atoms with Crippen molar-refractivity contribution in [3.63, 3.8) is 0 Å². The van der Waals surface area contributed by atoms with Gasteiger partial charge in [0, 0.05) is 16.5 Å². The molecule has 1 aliphatic heterocycles. The van der Waals surface area contributed by atoms with Crippen LogP contribution in [-0.2, 0) is 0 Å². The van der Waals surface area contributed by atoms with Gasteiger partial charge in [0.1, 0.15) is 0 Å². The van der Waals surface area contributed by atoms with E-state index in [4.69, 9.17) is 11.6 Å². The van der Waals surface area contributed by atoms with Gasteiger partial charge in [-0.3, -0.25) is 4.99 Å². The molecule has 2 rings (SSSR count). The van der Waals surface area contributed by atoms with Gasteiger partial charge in [-0.1, -0.05) is 36.4 Å². The Hall–Kier alpha value is -0.670. The van der Waals surface area contributed by atoms with Crippen molar-refractivity contribution in [3.8, 4) is 0 Å². The number of nitrogens with zero attached hydrogens (tertiary/aromatic N) is 1. The molecule has 0 aliphatic carbocycles. The van der Waals surface area contributed by atoms with E-state index in [0.717, 1.165) is 33.6 Å². The van der Waals surface area contributed by atoms with Crippen LogP contribution in [0.2, 0.25) is 5.02 Å². The number of thioether (sulfide) groups is 1. The predicted molar refractivity (Wildman–Crippen MR) is 78.4 cm³/mol. The number of nitrogens with one attached hydrogen (secondary N) is 1. The molecule has 1 aromatic carbocycles. The molecule has 4 heteroatoms. The van der Waals surface area contributed by atoms with Crippen LogP contribution in [0.25, 0.3) is 0 Å². The van der Waals surface area contributed by atoms with Gasteiger partial charge in [-0.15, -0.1) is 0 Å². The molecule has 0 spiro atoms. The standard InChI is InChI=1S/C13H17ClN2S/c1-3-10-6-7-17-13(15-10)16-11-5-4-9(2)12(14)8-11/h4-5,8,10H,3,6-7H2,1-2H3,(H,15,16). The molecule has 1 heterocycles. The molecule has 1 N–H and O–H groups in total. The lowest BCUT2D eigenvalue weighted by Gasteiger charge is -2.19. The van der Waals surface area contributed by atoms with Crippen molar-refractivity contribution in [3.05, 3.63) is 28.8 Å². The smallest absolute Gasteiger partial charge is 0.161 e. The summed E-state index contributed by atoms with van der Waals surface area (Å²) in [7, 11) is 0. The highest BCUT2D eigenvalue weighted by atomic mass is 35.5. The molecule has 0 radical (unpaired) electrons. The Morgan fingerprint density at radius 1 is 1.53 bits per heavy atom. The fraction of sp³-hybridized carbons (Fsp3) is 0.462. The second-order valence-electron chi connectivity index (χ2n) is 4.22. The molecule has 0 bridgehead atoms. The van der Waals surface area contributed by atoms with Crippen LogP contribution in [0.3, 0.4) is 0 Å². The van der Waals surface area contributed by atoms with Gasteiger partial charge in [0.15, 0.2) is 5.17 Å². The van der Waals surface area contributed by atoms with E-state index in [1.165, 1.54) is 6.42 Å². The number of halogens is 1. The van der Waals surface area contributed by atoms with Gasteiger partial charge in [-0.05, 0) is 37.5 Å². The predicted octanol–water partition coefficient (Wildman–Crippen LogP) is 4.33. The Labute approximate surface area is 112 Å². The van der Waals surface area contributed by atoms with Gasteiger partial charge in [0.2, 0.25) is 0 Å². The summed E-state index contributed by atoms with van der Waals surface area (Å²) in [5.41, 5.74) is 2.12. The van der Waals surface area contributed by atoms with Crippen molar-refractivity contribution in [1.29, 1.82) is 0 Å². The molecule has 1 aliphatic rings. The van der Waals surface area contributed by atoms with Crippen molar-refractivity contribution in [2.75, 3.05) is 11.1 Å². The third kappa shape index (κ3) is 3.39. The Kier molecular flexibility index (Phi) is 4.35. The van der Waals surface area contributed by atoms with Crippen LogP contribution in [0.15, 0.2) is 23.2 Å². The molecule has 2 nitrogen and oxygen atoms in total. The van der Waals surface area contributed by atoms with E-state index in [9.17, 15) is 0 Å². The lowest BCUT2D eigenvalue weighted by Crippen LogP contribution is -2.19. The summed E-state index contributed by atoms with van der Waals surface area (Å²) in [5, 5.41) is 5.15. The van der Waals surface area contributed by atoms with Gasteiger partial charge >= 0.3 is 0 Å². The van der Waals surface area contributed by atoms with Crippen LogP contribution in [0.4, 0.5) is 5.69 Å². The molecular formula is C13H17ClN2S. The monoisotopic (exact) mass is 268 g/mol. The second-order valence-corrected chi connectivity index (χ2v) is 5.71. The molecule has 0 aromatic heterocycles. The summed E-state index contributed by atoms with van der Waals surface area (Å²) in [6, 6.07) is 6.49. The second kappa shape index (κ2) is 5.78. The summed E-state index contributed by atoms with van der Waals surface area (Å²) in [4.78, 5) is 4.67. The molecular weight excluding hydrogens is 252 g/mol. The van der Waals surface area contributed by atoms with Crippen molar-refractivity contribution in [1.82, 2.24) is 0 Å². The highest BCUT2D eigenvalue weighted by molar-refractivity contribution is 8.14. The Balaban J connectivity index is 2.09. The maximum absolute atomic E-state index is 6.10. The highest BCUT2D eigenvalue weighted by Gasteiger charge is 2.14. The summed E-state index contributed by atoms with van der Waals surface area (Å²) >= 11 is 7.88. The van der Waals surface area contributed by atoms with Crippen LogP contribution < -0.4 is 5.32 Å². The van der Waals surface area contributed by atoms with E-state index in [1.807, 2.05) is 25.1 Å². The van der Waals surface area contributed by atoms with E-state index < -0.39 is 0 Å². The van der Waals surface area contributed by atoms with Crippen molar-refractivity contribution in [2.45, 2.75) is 32.7 Å². The first kappa shape index (κ1) is 12.8. The number of aryl methyl sites for hydroxylation is 1. The summed E-state index contributed by atoms with van der Waals surface area (Å²) < 4.78 is 0. The first-order valence-electron chi connectivity index (χ1n) is 5.93. The summed E-state index contributed by atoms with van der Waals surface area (Å²) in [6.07, 6.45) is 2.29. The minimum absolute atomic E-state index is 0.472. The molecule has 0 amide bonds. The molecule has 1 unspecified atom stereocenters. The maximum atomic E-state index is 6.10. The fourth-order valence-corrected chi connectivity index (χ4v) is 2.89. The molecule has 92 valence electrons. The summed E-state index contributed by atoms with van der Waals surface area (Å²) in [6.45, 7) is 4.19. The fourth-order valence-electron chi connectivity index (χ4n) is 1.72. The maximum Gasteiger partial charge on any atom is 0.161 e. The summed E-state index contributed by atoms with van der Waals surface area (Å²) in [5.74, 6) is 1.14. The van der Waals surface area contributed by atoms with Crippen molar-refractivity contribution < 1.29 is 0 Å². The van der Waals surface area contributed by atoms with Crippen LogP contribution in [0.5, 0.6) is 0 Å². The average Bonchev–Trinajstić information content (AvgIpc) is 2.34. The zero-order valence-corrected chi connectivity index (χ0v) is 11.7. The van der Waals surface area contributed by atoms with Crippen molar-refractivity contribution in [2.24, 2.45) is 4.99 Å². The normalized spacial score (nSPS) is 19.9. The van der Waals surface area contributed by atoms with Crippen molar-refractivity contribution >= 4 is 34.2 Å². The molecule has 1 atom stereocenters. The molecule has 0 saturated carbocycles. The van der Waals surface area contributed by atoms with E-state index >= 15 is 0 Å². The van der Waals surface area contributed by atoms with E-state index in [1.54, 1.807) is 11.8 Å². The van der Waals surface area contributed by atoms with Gasteiger partial charge in [0.25, 0.3) is 0 Å². The first-order valence-corrected chi connectivity index (χ1v) is 7.29. The van der Waals surface area contributed by atoms with E-state index in [2.05, 4.69) is 17.2 Å². The van der Waals surface area contributed by atoms with Crippen LogP contribution in [0.1, 0.15) is 25.3 Å². The number of amidine groups is 1. The lowest BCUT2D eigenvalue weighted by molar-refractivity contribution is 0.634.